The van der Waals surface area contributed by atoms with E-state index < -0.39 is 34.8 Å². The number of halogens is 5. The minimum atomic E-state index is -1.69. The third-order valence-corrected chi connectivity index (χ3v) is 3.25. The standard InChI is InChI=1S/C13H5F5N2S/c14-5-3-7(16)12-9(4-5)20(13(21)19-12)8-2-1-6(15)10(17)11(8)18/h1-4H,(H,19,21). The van der Waals surface area contributed by atoms with Crippen LogP contribution in [0, 0.1) is 33.9 Å². The molecule has 3 rings (SSSR count). The van der Waals surface area contributed by atoms with Gasteiger partial charge < -0.3 is 4.98 Å². The van der Waals surface area contributed by atoms with E-state index in [1.165, 1.54) is 0 Å². The average molecular weight is 316 g/mol. The van der Waals surface area contributed by atoms with Crippen LogP contribution >= 0.6 is 12.2 Å². The van der Waals surface area contributed by atoms with Crippen molar-refractivity contribution in [3.05, 3.63) is 58.1 Å². The highest BCUT2D eigenvalue weighted by Gasteiger charge is 2.19. The summed E-state index contributed by atoms with van der Waals surface area (Å²) in [6.45, 7) is 0. The van der Waals surface area contributed by atoms with Gasteiger partial charge in [-0.15, -0.1) is 0 Å². The first-order chi connectivity index (χ1) is 9.90. The smallest absolute Gasteiger partial charge is 0.196 e. The van der Waals surface area contributed by atoms with Gasteiger partial charge >= 0.3 is 0 Å². The molecule has 21 heavy (non-hydrogen) atoms. The largest absolute Gasteiger partial charge is 0.328 e. The van der Waals surface area contributed by atoms with Crippen molar-refractivity contribution < 1.29 is 22.0 Å². The molecular weight excluding hydrogens is 311 g/mol. The summed E-state index contributed by atoms with van der Waals surface area (Å²) in [4.78, 5) is 2.44. The quantitative estimate of drug-likeness (QED) is 0.401. The van der Waals surface area contributed by atoms with E-state index in [9.17, 15) is 22.0 Å². The molecule has 0 aliphatic heterocycles. The molecule has 0 fully saturated rings. The van der Waals surface area contributed by atoms with E-state index >= 15 is 0 Å². The van der Waals surface area contributed by atoms with Crippen LogP contribution in [0.4, 0.5) is 22.0 Å². The normalized spacial score (nSPS) is 11.3. The van der Waals surface area contributed by atoms with Crippen LogP contribution in [-0.4, -0.2) is 9.55 Å². The number of aromatic amines is 1. The van der Waals surface area contributed by atoms with E-state index in [0.717, 1.165) is 16.7 Å². The predicted octanol–water partition coefficient (Wildman–Crippen LogP) is 4.38. The Bertz CT molecular complexity index is 928. The molecule has 0 saturated carbocycles. The number of rotatable bonds is 1. The van der Waals surface area contributed by atoms with Gasteiger partial charge in [0, 0.05) is 12.1 Å². The van der Waals surface area contributed by atoms with Crippen molar-refractivity contribution >= 4 is 23.3 Å². The van der Waals surface area contributed by atoms with Crippen molar-refractivity contribution in [2.45, 2.75) is 0 Å². The molecular formula is C13H5F5N2S. The van der Waals surface area contributed by atoms with Gasteiger partial charge in [0.25, 0.3) is 0 Å². The Morgan fingerprint density at radius 1 is 0.905 bits per heavy atom. The number of aromatic nitrogens is 2. The number of fused-ring (bicyclic) bond motifs is 1. The lowest BCUT2D eigenvalue weighted by molar-refractivity contribution is 0.445. The van der Waals surface area contributed by atoms with Gasteiger partial charge in [-0.25, -0.2) is 22.0 Å². The van der Waals surface area contributed by atoms with Crippen LogP contribution in [0.1, 0.15) is 0 Å². The second kappa shape index (κ2) is 4.66. The van der Waals surface area contributed by atoms with Gasteiger partial charge in [0.1, 0.15) is 11.3 Å². The van der Waals surface area contributed by atoms with Gasteiger partial charge in [-0.1, -0.05) is 0 Å². The molecule has 0 amide bonds. The number of nitrogens with one attached hydrogen (secondary N) is 1. The van der Waals surface area contributed by atoms with Gasteiger partial charge in [0.15, 0.2) is 28.0 Å². The zero-order chi connectivity index (χ0) is 15.3. The molecule has 1 N–H and O–H groups in total. The number of H-pyrrole nitrogens is 1. The Labute approximate surface area is 119 Å². The topological polar surface area (TPSA) is 20.7 Å². The number of hydrogen-bond donors (Lipinski definition) is 1. The van der Waals surface area contributed by atoms with E-state index in [-0.39, 0.29) is 15.8 Å². The van der Waals surface area contributed by atoms with E-state index in [1.807, 2.05) is 0 Å². The zero-order valence-corrected chi connectivity index (χ0v) is 10.9. The molecule has 0 saturated heterocycles. The summed E-state index contributed by atoms with van der Waals surface area (Å²) in [7, 11) is 0. The molecule has 0 unspecified atom stereocenters. The first kappa shape index (κ1) is 13.7. The molecule has 0 aliphatic rings. The lowest BCUT2D eigenvalue weighted by Crippen LogP contribution is -2.02. The van der Waals surface area contributed by atoms with Crippen molar-refractivity contribution in [2.24, 2.45) is 0 Å². The zero-order valence-electron chi connectivity index (χ0n) is 10.1. The summed E-state index contributed by atoms with van der Waals surface area (Å²) in [6, 6.07) is 3.16. The lowest BCUT2D eigenvalue weighted by Gasteiger charge is -2.07. The molecule has 1 heterocycles. The molecule has 0 spiro atoms. The van der Waals surface area contributed by atoms with Crippen molar-refractivity contribution in [2.75, 3.05) is 0 Å². The Hall–Kier alpha value is -2.22. The molecule has 108 valence electrons. The molecule has 0 radical (unpaired) electrons. The van der Waals surface area contributed by atoms with Crippen LogP contribution in [0.5, 0.6) is 0 Å². The molecule has 1 aromatic heterocycles. The first-order valence-electron chi connectivity index (χ1n) is 5.64. The number of imidazole rings is 1. The summed E-state index contributed by atoms with van der Waals surface area (Å²) in [5.41, 5.74) is -0.733. The van der Waals surface area contributed by atoms with Gasteiger partial charge in [-0.2, -0.15) is 0 Å². The van der Waals surface area contributed by atoms with Crippen LogP contribution in [-0.2, 0) is 0 Å². The van der Waals surface area contributed by atoms with Gasteiger partial charge in [0.2, 0.25) is 0 Å². The molecule has 0 bridgehead atoms. The second-order valence-corrected chi connectivity index (χ2v) is 4.63. The molecule has 0 atom stereocenters. The SMILES string of the molecule is Fc1cc(F)c2[nH]c(=S)n(-c3ccc(F)c(F)c3F)c2c1. The predicted molar refractivity (Wildman–Crippen MR) is 68.2 cm³/mol. The highest BCUT2D eigenvalue weighted by atomic mass is 32.1. The maximum atomic E-state index is 13.9. The summed E-state index contributed by atoms with van der Waals surface area (Å²) in [5, 5.41) is 0. The van der Waals surface area contributed by atoms with Crippen LogP contribution < -0.4 is 0 Å². The maximum Gasteiger partial charge on any atom is 0.196 e. The third-order valence-electron chi connectivity index (χ3n) is 2.97. The second-order valence-electron chi connectivity index (χ2n) is 4.24. The van der Waals surface area contributed by atoms with E-state index in [0.29, 0.717) is 12.1 Å². The van der Waals surface area contributed by atoms with Crippen LogP contribution in [0.25, 0.3) is 16.7 Å². The van der Waals surface area contributed by atoms with Crippen molar-refractivity contribution in [3.63, 3.8) is 0 Å². The van der Waals surface area contributed by atoms with Gasteiger partial charge in [-0.05, 0) is 24.4 Å². The highest BCUT2D eigenvalue weighted by Crippen LogP contribution is 2.26. The van der Waals surface area contributed by atoms with Crippen LogP contribution in [0.3, 0.4) is 0 Å². The Morgan fingerprint density at radius 3 is 2.33 bits per heavy atom. The monoisotopic (exact) mass is 316 g/mol. The number of nitrogens with zero attached hydrogens (tertiary/aromatic N) is 1. The van der Waals surface area contributed by atoms with E-state index in [1.54, 1.807) is 0 Å². The maximum absolute atomic E-state index is 13.9. The fourth-order valence-electron chi connectivity index (χ4n) is 2.06. The summed E-state index contributed by atoms with van der Waals surface area (Å²) in [6.07, 6.45) is 0. The molecule has 3 aromatic rings. The van der Waals surface area contributed by atoms with Crippen molar-refractivity contribution in [3.8, 4) is 5.69 Å². The summed E-state index contributed by atoms with van der Waals surface area (Å²) >= 11 is 4.91. The van der Waals surface area contributed by atoms with Crippen molar-refractivity contribution in [1.82, 2.24) is 9.55 Å². The first-order valence-corrected chi connectivity index (χ1v) is 6.04. The summed E-state index contributed by atoms with van der Waals surface area (Å²) < 4.78 is 67.8. The highest BCUT2D eigenvalue weighted by molar-refractivity contribution is 7.71. The third kappa shape index (κ3) is 2.02. The van der Waals surface area contributed by atoms with Gasteiger partial charge in [0.05, 0.1) is 11.2 Å². The molecule has 0 aliphatic carbocycles. The van der Waals surface area contributed by atoms with E-state index in [4.69, 9.17) is 12.2 Å². The molecule has 8 heteroatoms. The van der Waals surface area contributed by atoms with Crippen LogP contribution in [0.15, 0.2) is 24.3 Å². The molecule has 2 nitrogen and oxygen atoms in total. The molecule has 2 aromatic carbocycles. The summed E-state index contributed by atoms with van der Waals surface area (Å²) in [5.74, 6) is -6.42. The number of benzene rings is 2. The Kier molecular flexibility index (Phi) is 3.05. The Balaban J connectivity index is 2.44. The van der Waals surface area contributed by atoms with Crippen molar-refractivity contribution in [1.29, 1.82) is 0 Å². The average Bonchev–Trinajstić information content (AvgIpc) is 2.74. The fraction of sp³-hybridized carbons (Fsp3) is 0. The minimum Gasteiger partial charge on any atom is -0.328 e. The van der Waals surface area contributed by atoms with Crippen LogP contribution in [0.2, 0.25) is 0 Å². The van der Waals surface area contributed by atoms with Gasteiger partial charge in [-0.3, -0.25) is 4.57 Å². The van der Waals surface area contributed by atoms with E-state index in [2.05, 4.69) is 4.98 Å². The minimum absolute atomic E-state index is 0.123. The lowest BCUT2D eigenvalue weighted by atomic mass is 10.2. The Morgan fingerprint density at radius 2 is 1.62 bits per heavy atom. The fourth-order valence-corrected chi connectivity index (χ4v) is 2.36. The number of hydrogen-bond acceptors (Lipinski definition) is 1.